The fourth-order valence-corrected chi connectivity index (χ4v) is 4.52. The molecule has 2 aromatic rings. The van der Waals surface area contributed by atoms with Crippen LogP contribution in [0.2, 0.25) is 0 Å². The van der Waals surface area contributed by atoms with Crippen molar-refractivity contribution in [3.05, 3.63) is 29.8 Å². The van der Waals surface area contributed by atoms with Crippen LogP contribution < -0.4 is 14.8 Å². The monoisotopic (exact) mass is 480 g/mol. The first-order valence-corrected chi connectivity index (χ1v) is 12.8. The van der Waals surface area contributed by atoms with Crippen LogP contribution in [0.1, 0.15) is 50.4 Å². The van der Waals surface area contributed by atoms with Gasteiger partial charge in [-0.25, -0.2) is 0 Å². The molecule has 0 spiro atoms. The molecule has 3 aliphatic heterocycles. The Bertz CT molecular complexity index is 1080. The lowest BCUT2D eigenvalue weighted by Crippen LogP contribution is -2.40. The van der Waals surface area contributed by atoms with Gasteiger partial charge in [-0.2, -0.15) is 0 Å². The van der Waals surface area contributed by atoms with Crippen LogP contribution in [0, 0.1) is 5.41 Å². The Morgan fingerprint density at radius 2 is 1.80 bits per heavy atom. The Morgan fingerprint density at radius 3 is 2.46 bits per heavy atom. The molecule has 35 heavy (non-hydrogen) atoms. The van der Waals surface area contributed by atoms with Gasteiger partial charge >= 0.3 is 0 Å². The number of benzene rings is 2. The smallest absolute Gasteiger partial charge is 0.256 e. The van der Waals surface area contributed by atoms with E-state index in [1.54, 1.807) is 7.11 Å². The molecule has 5 rings (SSSR count). The minimum Gasteiger partial charge on any atom is -0.493 e. The van der Waals surface area contributed by atoms with Gasteiger partial charge in [0.1, 0.15) is 0 Å². The van der Waals surface area contributed by atoms with Crippen LogP contribution in [-0.2, 0) is 0 Å². The number of likely N-dealkylation sites (N-methyl/N-ethyl adjacent to an activating group) is 1. The van der Waals surface area contributed by atoms with Gasteiger partial charge in [0, 0.05) is 38.9 Å². The first kappa shape index (κ1) is 25.5. The molecule has 0 aliphatic carbocycles. The van der Waals surface area contributed by atoms with E-state index < -0.39 is 0 Å². The molecule has 2 aromatic carbocycles. The van der Waals surface area contributed by atoms with Crippen molar-refractivity contribution >= 4 is 28.6 Å². The Balaban J connectivity index is 0.000000356. The van der Waals surface area contributed by atoms with Crippen LogP contribution in [-0.4, -0.2) is 81.5 Å². The number of fused-ring (bicyclic) bond motifs is 3. The molecule has 0 radical (unpaired) electrons. The molecule has 7 nitrogen and oxygen atoms in total. The Hall–Kier alpha value is -2.64. The summed E-state index contributed by atoms with van der Waals surface area (Å²) in [6.07, 6.45) is 4.98. The molecule has 7 heteroatoms. The number of methoxy groups -OCH3 is 1. The van der Waals surface area contributed by atoms with Gasteiger partial charge in [-0.15, -0.1) is 0 Å². The van der Waals surface area contributed by atoms with Gasteiger partial charge in [0.05, 0.1) is 31.0 Å². The maximum absolute atomic E-state index is 13.0. The number of amides is 1. The van der Waals surface area contributed by atoms with E-state index in [2.05, 4.69) is 43.0 Å². The van der Waals surface area contributed by atoms with Gasteiger partial charge in [-0.05, 0) is 66.8 Å². The summed E-state index contributed by atoms with van der Waals surface area (Å²) in [7, 11) is 3.80. The number of rotatable bonds is 5. The number of ether oxygens (including phenoxy) is 2. The van der Waals surface area contributed by atoms with Crippen molar-refractivity contribution in [2.24, 2.45) is 10.4 Å². The quantitative estimate of drug-likeness (QED) is 0.682. The van der Waals surface area contributed by atoms with Crippen molar-refractivity contribution in [3.63, 3.8) is 0 Å². The third kappa shape index (κ3) is 5.96. The first-order chi connectivity index (χ1) is 16.8. The molecule has 1 atom stereocenters. The molecule has 2 saturated heterocycles. The van der Waals surface area contributed by atoms with Crippen molar-refractivity contribution in [2.75, 3.05) is 53.5 Å². The van der Waals surface area contributed by atoms with Gasteiger partial charge in [-0.3, -0.25) is 9.79 Å². The minimum absolute atomic E-state index is 0.0703. The average Bonchev–Trinajstić information content (AvgIpc) is 3.30. The summed E-state index contributed by atoms with van der Waals surface area (Å²) in [6.45, 7) is 12.7. The molecular formula is C28H40N4O3. The molecule has 3 aliphatic rings. The van der Waals surface area contributed by atoms with E-state index in [-0.39, 0.29) is 17.4 Å². The van der Waals surface area contributed by atoms with Crippen molar-refractivity contribution < 1.29 is 14.3 Å². The SMILES string of the molecule is CCC(C)(C)COc1cc2cc3c(cc2cc1OC)C(=O)N1CCCC1C=N3.CN1CCNCC1. The van der Waals surface area contributed by atoms with Gasteiger partial charge < -0.3 is 24.6 Å². The fraction of sp³-hybridized carbons (Fsp3) is 0.571. The summed E-state index contributed by atoms with van der Waals surface area (Å²) in [4.78, 5) is 21.9. The van der Waals surface area contributed by atoms with E-state index in [0.29, 0.717) is 17.9 Å². The second-order valence-electron chi connectivity index (χ2n) is 10.6. The maximum atomic E-state index is 13.0. The summed E-state index contributed by atoms with van der Waals surface area (Å²) in [5.41, 5.74) is 1.49. The predicted octanol–water partition coefficient (Wildman–Crippen LogP) is 4.51. The molecule has 0 saturated carbocycles. The first-order valence-electron chi connectivity index (χ1n) is 12.8. The highest BCUT2D eigenvalue weighted by Crippen LogP contribution is 2.38. The van der Waals surface area contributed by atoms with Crippen LogP contribution >= 0.6 is 0 Å². The highest BCUT2D eigenvalue weighted by Gasteiger charge is 2.32. The van der Waals surface area contributed by atoms with E-state index in [9.17, 15) is 4.79 Å². The topological polar surface area (TPSA) is 66.4 Å². The largest absolute Gasteiger partial charge is 0.493 e. The highest BCUT2D eigenvalue weighted by atomic mass is 16.5. The van der Waals surface area contributed by atoms with Crippen LogP contribution in [0.4, 0.5) is 5.69 Å². The van der Waals surface area contributed by atoms with Gasteiger partial charge in [0.2, 0.25) is 0 Å². The summed E-state index contributed by atoms with van der Waals surface area (Å²) in [5, 5.41) is 5.23. The average molecular weight is 481 g/mol. The second-order valence-corrected chi connectivity index (χ2v) is 10.6. The molecule has 0 aromatic heterocycles. The van der Waals surface area contributed by atoms with E-state index in [1.165, 1.54) is 13.1 Å². The number of aliphatic imine (C=N–C) groups is 1. The van der Waals surface area contributed by atoms with Crippen LogP contribution in [0.5, 0.6) is 11.5 Å². The lowest BCUT2D eigenvalue weighted by atomic mass is 9.92. The molecule has 1 N–H and O–H groups in total. The third-order valence-corrected chi connectivity index (χ3v) is 7.33. The lowest BCUT2D eigenvalue weighted by Gasteiger charge is -2.23. The Labute approximate surface area is 209 Å². The zero-order valence-corrected chi connectivity index (χ0v) is 21.9. The number of hydrogen-bond acceptors (Lipinski definition) is 6. The fourth-order valence-electron chi connectivity index (χ4n) is 4.52. The van der Waals surface area contributed by atoms with E-state index in [4.69, 9.17) is 9.47 Å². The summed E-state index contributed by atoms with van der Waals surface area (Å²) in [6, 6.07) is 7.98. The zero-order chi connectivity index (χ0) is 25.0. The van der Waals surface area contributed by atoms with Crippen molar-refractivity contribution in [3.8, 4) is 11.5 Å². The van der Waals surface area contributed by atoms with E-state index in [0.717, 1.165) is 61.1 Å². The number of hydrogen-bond donors (Lipinski definition) is 1. The number of carbonyl (C=O) groups excluding carboxylic acids is 1. The Kier molecular flexibility index (Phi) is 7.97. The normalized spacial score (nSPS) is 20.1. The molecule has 0 bridgehead atoms. The van der Waals surface area contributed by atoms with Crippen molar-refractivity contribution in [1.82, 2.24) is 15.1 Å². The van der Waals surface area contributed by atoms with Gasteiger partial charge in [0.25, 0.3) is 5.91 Å². The summed E-state index contributed by atoms with van der Waals surface area (Å²) < 4.78 is 11.7. The number of nitrogens with one attached hydrogen (secondary N) is 1. The van der Waals surface area contributed by atoms with E-state index >= 15 is 0 Å². The molecular weight excluding hydrogens is 440 g/mol. The Morgan fingerprint density at radius 1 is 1.09 bits per heavy atom. The number of nitrogens with zero attached hydrogens (tertiary/aromatic N) is 3. The van der Waals surface area contributed by atoms with Gasteiger partial charge in [0.15, 0.2) is 11.5 Å². The van der Waals surface area contributed by atoms with Crippen LogP contribution in [0.3, 0.4) is 0 Å². The van der Waals surface area contributed by atoms with E-state index in [1.807, 2.05) is 35.4 Å². The van der Waals surface area contributed by atoms with Crippen LogP contribution in [0.15, 0.2) is 29.3 Å². The predicted molar refractivity (Wildman–Crippen MR) is 143 cm³/mol. The second kappa shape index (κ2) is 11.0. The maximum Gasteiger partial charge on any atom is 0.256 e. The van der Waals surface area contributed by atoms with Crippen LogP contribution in [0.25, 0.3) is 10.8 Å². The van der Waals surface area contributed by atoms with Crippen molar-refractivity contribution in [1.29, 1.82) is 0 Å². The summed E-state index contributed by atoms with van der Waals surface area (Å²) in [5.74, 6) is 1.48. The standard InChI is InChI=1S/C23H28N2O3.C5H12N2/c1-5-23(2,3)14-28-21-12-16-10-19-18(9-15(16)11-20(21)27-4)22(26)25-8-6-7-17(25)13-24-19;1-7-4-2-6-3-5-7/h9-13,17H,5-8,14H2,1-4H3;6H,2-5H2,1H3. The molecule has 1 unspecified atom stereocenters. The molecule has 1 amide bonds. The highest BCUT2D eigenvalue weighted by molar-refractivity contribution is 6.07. The lowest BCUT2D eigenvalue weighted by molar-refractivity contribution is 0.0775. The third-order valence-electron chi connectivity index (χ3n) is 7.33. The van der Waals surface area contributed by atoms with Crippen molar-refractivity contribution in [2.45, 2.75) is 46.1 Å². The summed E-state index contributed by atoms with van der Waals surface area (Å²) >= 11 is 0. The molecule has 190 valence electrons. The number of carbonyl (C=O) groups is 1. The minimum atomic E-state index is 0.0703. The molecule has 2 fully saturated rings. The number of piperazine rings is 1. The zero-order valence-electron chi connectivity index (χ0n) is 21.9. The molecule has 3 heterocycles. The van der Waals surface area contributed by atoms with Gasteiger partial charge in [-0.1, -0.05) is 20.8 Å².